The molecular weight excluding hydrogens is 436 g/mol. The largest absolute Gasteiger partial charge is 0.495 e. The smallest absolute Gasteiger partial charge is 0.257 e. The molecule has 3 aromatic carbocycles. The fraction of sp³-hybridized carbons (Fsp3) is 0.0909. The zero-order valence-electron chi connectivity index (χ0n) is 16.9. The summed E-state index contributed by atoms with van der Waals surface area (Å²) in [6.07, 6.45) is 0. The van der Waals surface area contributed by atoms with Crippen molar-refractivity contribution in [2.24, 2.45) is 0 Å². The number of nitrogen functional groups attached to an aromatic ring is 1. The van der Waals surface area contributed by atoms with E-state index in [2.05, 4.69) is 16.0 Å². The first kappa shape index (κ1) is 22.2. The number of halogens is 1. The Kier molecular flexibility index (Phi) is 7.17. The SMILES string of the molecule is COc1cc(OC)c(NC(=S)Nc2ccc(N)c(C(=O)Nc3ccccc3)c2)cc1Cl. The monoisotopic (exact) mass is 456 g/mol. The highest BCUT2D eigenvalue weighted by atomic mass is 35.5. The van der Waals surface area contributed by atoms with Crippen LogP contribution in [0.2, 0.25) is 5.02 Å². The van der Waals surface area contributed by atoms with Crippen LogP contribution in [0, 0.1) is 0 Å². The molecule has 0 aliphatic heterocycles. The van der Waals surface area contributed by atoms with Gasteiger partial charge in [-0.1, -0.05) is 29.8 Å². The van der Waals surface area contributed by atoms with Crippen molar-refractivity contribution >= 4 is 57.6 Å². The number of rotatable bonds is 6. The number of para-hydroxylation sites is 1. The number of anilines is 4. The standard InChI is InChI=1S/C22H21ClN4O3S/c1-29-19-12-20(30-2)18(11-16(19)23)27-22(31)26-14-8-9-17(24)15(10-14)21(28)25-13-6-4-3-5-7-13/h3-12H,24H2,1-2H3,(H,25,28)(H2,26,27,31). The minimum atomic E-state index is -0.324. The molecule has 0 bridgehead atoms. The van der Waals surface area contributed by atoms with E-state index in [4.69, 9.17) is 39.0 Å². The van der Waals surface area contributed by atoms with E-state index < -0.39 is 0 Å². The maximum atomic E-state index is 12.6. The van der Waals surface area contributed by atoms with Crippen LogP contribution in [0.5, 0.6) is 11.5 Å². The maximum Gasteiger partial charge on any atom is 0.257 e. The van der Waals surface area contributed by atoms with Gasteiger partial charge in [0.25, 0.3) is 5.91 Å². The Morgan fingerprint density at radius 2 is 1.61 bits per heavy atom. The third kappa shape index (κ3) is 5.56. The van der Waals surface area contributed by atoms with E-state index in [0.717, 1.165) is 0 Å². The molecule has 0 spiro atoms. The summed E-state index contributed by atoms with van der Waals surface area (Å²) in [7, 11) is 3.05. The molecule has 7 nitrogen and oxygen atoms in total. The third-order valence-electron chi connectivity index (χ3n) is 4.31. The van der Waals surface area contributed by atoms with Crippen molar-refractivity contribution in [2.45, 2.75) is 0 Å². The number of thiocarbonyl (C=S) groups is 1. The van der Waals surface area contributed by atoms with Crippen LogP contribution in [-0.4, -0.2) is 25.2 Å². The van der Waals surface area contributed by atoms with E-state index in [1.54, 1.807) is 42.5 Å². The fourth-order valence-corrected chi connectivity index (χ4v) is 3.26. The Morgan fingerprint density at radius 1 is 0.903 bits per heavy atom. The number of hydrogen-bond acceptors (Lipinski definition) is 5. The molecule has 160 valence electrons. The predicted molar refractivity (Wildman–Crippen MR) is 130 cm³/mol. The second kappa shape index (κ2) is 10.0. The molecule has 1 amide bonds. The lowest BCUT2D eigenvalue weighted by Gasteiger charge is -2.16. The molecule has 0 heterocycles. The number of carbonyl (C=O) groups excluding carboxylic acids is 1. The number of methoxy groups -OCH3 is 2. The quantitative estimate of drug-likeness (QED) is 0.306. The van der Waals surface area contributed by atoms with Crippen molar-refractivity contribution < 1.29 is 14.3 Å². The Morgan fingerprint density at radius 3 is 2.29 bits per heavy atom. The minimum absolute atomic E-state index is 0.277. The number of nitrogens with one attached hydrogen (secondary N) is 3. The van der Waals surface area contributed by atoms with Crippen LogP contribution in [0.3, 0.4) is 0 Å². The number of hydrogen-bond donors (Lipinski definition) is 4. The van der Waals surface area contributed by atoms with Crippen molar-refractivity contribution in [3.63, 3.8) is 0 Å². The summed E-state index contributed by atoms with van der Waals surface area (Å²) in [5.41, 5.74) is 8.49. The number of nitrogens with two attached hydrogens (primary N) is 1. The predicted octanol–water partition coefficient (Wildman–Crippen LogP) is 5.00. The Balaban J connectivity index is 1.74. The number of benzene rings is 3. The van der Waals surface area contributed by atoms with Crippen LogP contribution < -0.4 is 31.2 Å². The van der Waals surface area contributed by atoms with Crippen molar-refractivity contribution in [2.75, 3.05) is 35.9 Å². The summed E-state index contributed by atoms with van der Waals surface area (Å²) >= 11 is 11.6. The van der Waals surface area contributed by atoms with Gasteiger partial charge in [0.2, 0.25) is 0 Å². The summed E-state index contributed by atoms with van der Waals surface area (Å²) in [6, 6.07) is 17.4. The summed E-state index contributed by atoms with van der Waals surface area (Å²) in [5.74, 6) is 0.663. The zero-order valence-corrected chi connectivity index (χ0v) is 18.4. The van der Waals surface area contributed by atoms with Gasteiger partial charge in [0.15, 0.2) is 5.11 Å². The van der Waals surface area contributed by atoms with Crippen LogP contribution in [0.4, 0.5) is 22.7 Å². The van der Waals surface area contributed by atoms with Crippen molar-refractivity contribution in [1.82, 2.24) is 0 Å². The van der Waals surface area contributed by atoms with Gasteiger partial charge in [-0.2, -0.15) is 0 Å². The van der Waals surface area contributed by atoms with Crippen LogP contribution in [0.15, 0.2) is 60.7 Å². The number of carbonyl (C=O) groups is 1. The molecular formula is C22H21ClN4O3S. The normalized spacial score (nSPS) is 10.2. The van der Waals surface area contributed by atoms with Crippen LogP contribution in [0.1, 0.15) is 10.4 Å². The molecule has 0 aliphatic carbocycles. The van der Waals surface area contributed by atoms with E-state index in [-0.39, 0.29) is 11.0 Å². The molecule has 0 atom stereocenters. The van der Waals surface area contributed by atoms with E-state index in [1.165, 1.54) is 14.2 Å². The number of amides is 1. The van der Waals surface area contributed by atoms with Gasteiger partial charge in [0.05, 0.1) is 30.5 Å². The molecule has 0 radical (unpaired) electrons. The van der Waals surface area contributed by atoms with Crippen LogP contribution in [-0.2, 0) is 0 Å². The van der Waals surface area contributed by atoms with Crippen LogP contribution in [0.25, 0.3) is 0 Å². The highest BCUT2D eigenvalue weighted by Gasteiger charge is 2.14. The first-order valence-electron chi connectivity index (χ1n) is 9.16. The molecule has 31 heavy (non-hydrogen) atoms. The second-order valence-corrected chi connectivity index (χ2v) is 7.20. The lowest BCUT2D eigenvalue weighted by molar-refractivity contribution is 0.102. The molecule has 3 aromatic rings. The van der Waals surface area contributed by atoms with Gasteiger partial charge in [0, 0.05) is 23.1 Å². The molecule has 3 rings (SSSR count). The van der Waals surface area contributed by atoms with Gasteiger partial charge in [-0.3, -0.25) is 4.79 Å². The second-order valence-electron chi connectivity index (χ2n) is 6.39. The van der Waals surface area contributed by atoms with Gasteiger partial charge in [-0.15, -0.1) is 0 Å². The Hall–Kier alpha value is -3.49. The van der Waals surface area contributed by atoms with Gasteiger partial charge in [-0.25, -0.2) is 0 Å². The van der Waals surface area contributed by atoms with Gasteiger partial charge in [0.1, 0.15) is 11.5 Å². The first-order chi connectivity index (χ1) is 14.9. The van der Waals surface area contributed by atoms with E-state index in [9.17, 15) is 4.79 Å². The molecule has 0 saturated carbocycles. The summed E-state index contributed by atoms with van der Waals surface area (Å²) in [5, 5.41) is 9.55. The topological polar surface area (TPSA) is 97.6 Å². The summed E-state index contributed by atoms with van der Waals surface area (Å²) < 4.78 is 10.6. The van der Waals surface area contributed by atoms with Crippen molar-refractivity contribution in [3.8, 4) is 11.5 Å². The molecule has 0 aliphatic rings. The fourth-order valence-electron chi connectivity index (χ4n) is 2.79. The first-order valence-corrected chi connectivity index (χ1v) is 9.95. The average Bonchev–Trinajstić information content (AvgIpc) is 2.76. The highest BCUT2D eigenvalue weighted by Crippen LogP contribution is 2.36. The van der Waals surface area contributed by atoms with Gasteiger partial charge in [-0.05, 0) is 48.6 Å². The molecule has 0 fully saturated rings. The average molecular weight is 457 g/mol. The molecule has 5 N–H and O–H groups in total. The zero-order chi connectivity index (χ0) is 22.4. The van der Waals surface area contributed by atoms with E-state index in [0.29, 0.717) is 44.8 Å². The lowest BCUT2D eigenvalue weighted by Crippen LogP contribution is -2.20. The molecule has 9 heteroatoms. The van der Waals surface area contributed by atoms with Crippen LogP contribution >= 0.6 is 23.8 Å². The summed E-state index contributed by atoms with van der Waals surface area (Å²) in [6.45, 7) is 0. The van der Waals surface area contributed by atoms with Crippen molar-refractivity contribution in [3.05, 3.63) is 71.2 Å². The Labute approximate surface area is 190 Å². The summed E-state index contributed by atoms with van der Waals surface area (Å²) in [4.78, 5) is 12.6. The number of ether oxygens (including phenoxy) is 2. The third-order valence-corrected chi connectivity index (χ3v) is 4.81. The van der Waals surface area contributed by atoms with E-state index >= 15 is 0 Å². The van der Waals surface area contributed by atoms with Crippen molar-refractivity contribution in [1.29, 1.82) is 0 Å². The van der Waals surface area contributed by atoms with E-state index in [1.807, 2.05) is 18.2 Å². The highest BCUT2D eigenvalue weighted by molar-refractivity contribution is 7.80. The van der Waals surface area contributed by atoms with Gasteiger partial charge >= 0.3 is 0 Å². The molecule has 0 saturated heterocycles. The molecule has 0 aromatic heterocycles. The lowest BCUT2D eigenvalue weighted by atomic mass is 10.1. The maximum absolute atomic E-state index is 12.6. The van der Waals surface area contributed by atoms with Gasteiger partial charge < -0.3 is 31.2 Å². The molecule has 0 unspecified atom stereocenters. The minimum Gasteiger partial charge on any atom is -0.495 e. The Bertz CT molecular complexity index is 1110.